The topological polar surface area (TPSA) is 460 Å². The standard InChI is InChI=1S/C19H19FN2O3S.C19H17FN2O2S.C17H20FN3O5S.C12H13FN2OS.C11H12FNO2.C11H14FNO2.C6H12O2.C5H7NO2.C5H9NO2/c20-16-9-5-4-8-15(16)19(12-25-11-14(19)10-23)22-18(26)21-17(24)13-6-2-1-3-7-13;20-16-9-5-4-8-15(16)19-12-24-10-14(19)11-25-18(22-19)21-17(23)13-6-2-1-3-7-13;1-16(2,3)26-15(22)19-14-20-17(9-25-7-10(17)8-27-14)12-6-11(21(23)24)4-5-13(12)18;13-10-4-2-1-3-9(10)12-7-16-5-8(12)6-17-11(14)15-12;12-10-4-2-1-3-9(10)11-7-14-5-8(11)6-15-13-11;12-10-4-2-1-3-9(10)11(13)7-15-6-8(11)5-14;1-2-5-8-6-3-4-7;1-4-2-8-6-5(4)3-7-1;1-2-4-8-5-3-6-7/h1-9,14,23H,10-12H2,(H2,21,22,24,26);1-9,14H,10-12H2,(H,21,22,23);4-6,10H,7-9H2,1-3H3,(H,19,20,22);1-4,8H,5-7H2,(H2,14,15);1-4,8,13H,5-7H2;1-4,8,14H,5-7,13H2;2,7H,1,3-6H2;4H,1-3H2;2-3,7H,1,4-5H2/t14-,19+;14-,19-;10-,17-;8-,12-;8-,11-;8-,11+;;;/m100001.../s1. The van der Waals surface area contributed by atoms with E-state index < -0.39 is 67.4 Å². The number of aliphatic hydroxyl groups is 3. The maximum atomic E-state index is 14.6. The Kier molecular flexibility index (Phi) is 43.7. The number of amides is 3. The molecule has 44 heteroatoms. The number of nitrogens with one attached hydrogen (secondary N) is 5. The van der Waals surface area contributed by atoms with E-state index in [1.54, 1.807) is 142 Å². The third-order valence-electron chi connectivity index (χ3n) is 25.7. The molecule has 0 bridgehead atoms. The van der Waals surface area contributed by atoms with E-state index in [2.05, 4.69) is 60.2 Å². The number of aliphatic hydroxyl groups excluding tert-OH is 3. The number of oxime groups is 2. The Balaban J connectivity index is 0.000000153. The molecule has 8 saturated heterocycles. The molecule has 1 unspecified atom stereocenters. The van der Waals surface area contributed by atoms with Crippen LogP contribution in [0.3, 0.4) is 0 Å². The summed E-state index contributed by atoms with van der Waals surface area (Å²) < 4.78 is 138. The molecule has 0 aliphatic carbocycles. The van der Waals surface area contributed by atoms with E-state index in [-0.39, 0.29) is 132 Å². The molecular formula is C105H123F6N13O21S4. The summed E-state index contributed by atoms with van der Waals surface area (Å²) in [6.45, 7) is 21.3. The van der Waals surface area contributed by atoms with Crippen LogP contribution < -0.4 is 38.2 Å². The molecule has 0 aromatic heterocycles. The quantitative estimate of drug-likeness (QED) is 0.00465. The minimum atomic E-state index is -1.12. The van der Waals surface area contributed by atoms with Crippen molar-refractivity contribution in [3.05, 3.63) is 315 Å². The minimum Gasteiger partial charge on any atom is -0.444 e. The second-order valence-electron chi connectivity index (χ2n) is 36.7. The number of nitrogens with zero attached hydrogens (tertiary/aromatic N) is 6. The molecule has 3 amide bonds. The van der Waals surface area contributed by atoms with Gasteiger partial charge in [0.15, 0.2) is 20.6 Å². The molecular weight excluding hydrogens is 2020 g/mol. The molecule has 12 aliphatic heterocycles. The van der Waals surface area contributed by atoms with Crippen molar-refractivity contribution in [1.29, 1.82) is 0 Å². The second-order valence-corrected chi connectivity index (χ2v) is 40.2. The molecule has 12 aliphatic rings. The first-order valence-electron chi connectivity index (χ1n) is 47.8. The average Bonchev–Trinajstić information content (AvgIpc) is 1.63. The van der Waals surface area contributed by atoms with Crippen LogP contribution in [0.15, 0.2) is 251 Å². The number of benzene rings is 8. The van der Waals surface area contributed by atoms with Gasteiger partial charge in [-0.25, -0.2) is 46.1 Å². The fourth-order valence-corrected chi connectivity index (χ4v) is 21.4. The average molecular weight is 2150 g/mol. The van der Waals surface area contributed by atoms with Gasteiger partial charge in [-0.2, -0.15) is 5.48 Å². The molecule has 0 spiro atoms. The zero-order valence-corrected chi connectivity index (χ0v) is 85.6. The predicted molar refractivity (Wildman–Crippen MR) is 557 cm³/mol. The van der Waals surface area contributed by atoms with E-state index in [1.807, 2.05) is 42.5 Å². The molecule has 13 N–H and O–H groups in total. The number of alkyl carbamates (subject to hydrolysis) is 1. The zero-order chi connectivity index (χ0) is 107. The number of nitro groups is 1. The molecule has 8 aromatic rings. The largest absolute Gasteiger partial charge is 0.444 e. The molecule has 8 aromatic carbocycles. The summed E-state index contributed by atoms with van der Waals surface area (Å²) in [5, 5.41) is 65.1. The highest BCUT2D eigenvalue weighted by Gasteiger charge is 2.55. The van der Waals surface area contributed by atoms with Gasteiger partial charge < -0.3 is 99.7 Å². The highest BCUT2D eigenvalue weighted by molar-refractivity contribution is 8.14. The highest BCUT2D eigenvalue weighted by Crippen LogP contribution is 2.50. The van der Waals surface area contributed by atoms with Gasteiger partial charge in [-0.1, -0.05) is 185 Å². The molecule has 34 nitrogen and oxygen atoms in total. The third-order valence-corrected chi connectivity index (χ3v) is 29.0. The van der Waals surface area contributed by atoms with Gasteiger partial charge in [-0.05, 0) is 100 Å². The van der Waals surface area contributed by atoms with Gasteiger partial charge in [0.05, 0.1) is 166 Å². The van der Waals surface area contributed by atoms with Crippen LogP contribution in [0.5, 0.6) is 0 Å². The number of rotatable bonds is 21. The Morgan fingerprint density at radius 1 is 0.550 bits per heavy atom. The Hall–Kier alpha value is -11.5. The number of hydroxylamine groups is 1. The van der Waals surface area contributed by atoms with Crippen LogP contribution in [0.2, 0.25) is 0 Å². The van der Waals surface area contributed by atoms with Gasteiger partial charge in [0.1, 0.15) is 69.3 Å². The number of hydrogen-bond acceptors (Lipinski definition) is 33. The van der Waals surface area contributed by atoms with Crippen molar-refractivity contribution in [2.24, 2.45) is 78.2 Å². The van der Waals surface area contributed by atoms with E-state index in [9.17, 15) is 61.1 Å². The van der Waals surface area contributed by atoms with Crippen LogP contribution >= 0.6 is 47.5 Å². The number of amidine groups is 3. The normalized spacial score (nSPS) is 25.6. The van der Waals surface area contributed by atoms with Crippen LogP contribution in [0.25, 0.3) is 0 Å². The molecule has 0 saturated carbocycles. The lowest BCUT2D eigenvalue weighted by molar-refractivity contribution is -0.385. The zero-order valence-electron chi connectivity index (χ0n) is 82.3. The first kappa shape index (κ1) is 116. The van der Waals surface area contributed by atoms with Crippen molar-refractivity contribution in [3.8, 4) is 0 Å². The molecule has 8 fully saturated rings. The smallest absolute Gasteiger partial charge is 0.413 e. The molecule has 13 atom stereocenters. The maximum absolute atomic E-state index is 14.6. The SMILES string of the molecule is C1OCC2CON=C12.C=CCOCC=NO.C=CCOCCCO.CC(C)(C)OC(=O)NC1=N[C@@]2(c3cc([N+](=O)[O-])ccc3F)COC[C@H]2CS1.Fc1ccccc1[C@]12COC[C@H]1CON2.NC1=N[C@@]2(c3ccccc3F)COC[C@H]2CS1.N[C@@]1(c2ccccc2F)COC[C@H]1CO.O=C(NC(=S)N[C@@]1(c2ccccc2F)COC[C@H]1CO)c1ccccc1.O=C(NC1=N[C@@]2(c3ccccc3F)COC[C@H]2CS1)c1ccccc1. The maximum Gasteiger partial charge on any atom is 0.413 e. The number of ether oxygens (including phenoxy) is 10. The Morgan fingerprint density at radius 3 is 1.56 bits per heavy atom. The van der Waals surface area contributed by atoms with E-state index in [4.69, 9.17) is 96.0 Å². The first-order chi connectivity index (χ1) is 71.9. The number of aliphatic imine (C=N–C) groups is 3. The number of halogens is 6. The van der Waals surface area contributed by atoms with Crippen molar-refractivity contribution in [1.82, 2.24) is 26.7 Å². The van der Waals surface area contributed by atoms with Crippen molar-refractivity contribution in [2.75, 3.05) is 169 Å². The predicted octanol–water partition coefficient (Wildman–Crippen LogP) is 13.2. The second kappa shape index (κ2) is 56.0. The van der Waals surface area contributed by atoms with Gasteiger partial charge in [-0.15, -0.1) is 13.2 Å². The van der Waals surface area contributed by atoms with E-state index in [1.165, 1.54) is 77.9 Å². The lowest BCUT2D eigenvalue weighted by atomic mass is 9.80. The van der Waals surface area contributed by atoms with Gasteiger partial charge >= 0.3 is 6.09 Å². The fourth-order valence-electron chi connectivity index (χ4n) is 18.0. The first-order valence-corrected chi connectivity index (χ1v) is 51.2. The Morgan fingerprint density at radius 2 is 1.03 bits per heavy atom. The Bertz CT molecular complexity index is 5970. The molecule has 0 radical (unpaired) electrons. The van der Waals surface area contributed by atoms with Gasteiger partial charge in [-0.3, -0.25) is 30.3 Å². The summed E-state index contributed by atoms with van der Waals surface area (Å²) >= 11 is 9.58. The van der Waals surface area contributed by atoms with Crippen molar-refractivity contribution in [3.63, 3.8) is 0 Å². The number of nitrogens with two attached hydrogens (primary N) is 2. The number of thiocarbonyl (C=S) groups is 1. The summed E-state index contributed by atoms with van der Waals surface area (Å²) in [5.41, 5.74) is 13.7. The number of hydrogen-bond donors (Lipinski definition) is 11. The number of thioether (sulfide) groups is 3. The van der Waals surface area contributed by atoms with Crippen LogP contribution in [-0.4, -0.2) is 251 Å². The minimum absolute atomic E-state index is 0.0473. The van der Waals surface area contributed by atoms with Crippen LogP contribution in [0.4, 0.5) is 36.8 Å². The third kappa shape index (κ3) is 29.9. The molecule has 20 rings (SSSR count). The van der Waals surface area contributed by atoms with Gasteiger partial charge in [0, 0.05) is 123 Å². The summed E-state index contributed by atoms with van der Waals surface area (Å²) in [6.07, 6.45) is 4.64. The molecule has 800 valence electrons. The number of carbonyl (C=O) groups excluding carboxylic acids is 3. The van der Waals surface area contributed by atoms with Crippen molar-refractivity contribution in [2.45, 2.75) is 66.0 Å². The van der Waals surface area contributed by atoms with Crippen LogP contribution in [0.1, 0.15) is 81.3 Å². The van der Waals surface area contributed by atoms with Crippen molar-refractivity contribution >= 4 is 104 Å². The van der Waals surface area contributed by atoms with E-state index >= 15 is 0 Å². The van der Waals surface area contributed by atoms with E-state index in [0.717, 1.165) is 42.6 Å². The summed E-state index contributed by atoms with van der Waals surface area (Å²) in [6, 6.07) is 53.9. The summed E-state index contributed by atoms with van der Waals surface area (Å²) in [4.78, 5) is 71.1. The number of nitro benzene ring substituents is 1. The summed E-state index contributed by atoms with van der Waals surface area (Å²) in [7, 11) is 0. The monoisotopic (exact) mass is 2140 g/mol. The van der Waals surface area contributed by atoms with E-state index in [0.29, 0.717) is 160 Å². The fraction of sp³-hybridized carbons (Fsp3) is 0.419. The Labute approximate surface area is 876 Å². The van der Waals surface area contributed by atoms with Crippen LogP contribution in [-0.2, 0) is 90.3 Å². The number of fused-ring (bicyclic) bond motifs is 5. The van der Waals surface area contributed by atoms with Gasteiger partial charge in [0.25, 0.3) is 17.5 Å². The lowest BCUT2D eigenvalue weighted by Gasteiger charge is -2.35. The molecule has 149 heavy (non-hydrogen) atoms. The van der Waals surface area contributed by atoms with Gasteiger partial charge in [0.2, 0.25) is 0 Å². The lowest BCUT2D eigenvalue weighted by Crippen LogP contribution is -2.56. The number of non-ortho nitro benzene ring substituents is 1. The number of carbonyl (C=O) groups is 3. The molecule has 12 heterocycles. The van der Waals surface area contributed by atoms with Crippen LogP contribution in [0, 0.1) is 86.4 Å². The van der Waals surface area contributed by atoms with Crippen molar-refractivity contribution < 1.29 is 123 Å². The summed E-state index contributed by atoms with van der Waals surface area (Å²) in [5.74, 6) is -0.424. The highest BCUT2D eigenvalue weighted by atomic mass is 32.2.